The lowest BCUT2D eigenvalue weighted by Gasteiger charge is -2.18. The number of carbonyl (C=O) groups excluding carboxylic acids is 3. The molecule has 0 saturated carbocycles. The minimum absolute atomic E-state index is 0.0901. The highest BCUT2D eigenvalue weighted by Gasteiger charge is 2.19. The van der Waals surface area contributed by atoms with E-state index >= 15 is 0 Å². The summed E-state index contributed by atoms with van der Waals surface area (Å²) < 4.78 is 16.6. The molecule has 0 fully saturated rings. The Labute approximate surface area is 332 Å². The van der Waals surface area contributed by atoms with E-state index in [1.165, 1.54) is 38.5 Å². The third-order valence-corrected chi connectivity index (χ3v) is 8.93. The van der Waals surface area contributed by atoms with Crippen molar-refractivity contribution in [1.29, 1.82) is 0 Å². The zero-order valence-electron chi connectivity index (χ0n) is 35.0. The number of ether oxygens (including phenoxy) is 3. The summed E-state index contributed by atoms with van der Waals surface area (Å²) in [5.74, 6) is -0.949. The average Bonchev–Trinajstić information content (AvgIpc) is 3.17. The first-order chi connectivity index (χ1) is 26.5. The molecule has 0 aliphatic rings. The van der Waals surface area contributed by atoms with Gasteiger partial charge < -0.3 is 14.2 Å². The van der Waals surface area contributed by atoms with E-state index in [1.54, 1.807) is 0 Å². The molecule has 0 saturated heterocycles. The van der Waals surface area contributed by atoms with Crippen molar-refractivity contribution in [2.75, 3.05) is 13.2 Å². The summed E-state index contributed by atoms with van der Waals surface area (Å²) in [6.45, 7) is 6.35. The fraction of sp³-hybridized carbons (Fsp3) is 0.688. The van der Waals surface area contributed by atoms with E-state index in [9.17, 15) is 14.4 Å². The van der Waals surface area contributed by atoms with Gasteiger partial charge in [-0.1, -0.05) is 164 Å². The first-order valence-electron chi connectivity index (χ1n) is 21.9. The largest absolute Gasteiger partial charge is 0.462 e. The van der Waals surface area contributed by atoms with E-state index in [1.807, 2.05) is 0 Å². The van der Waals surface area contributed by atoms with Gasteiger partial charge in [0.1, 0.15) is 13.2 Å². The van der Waals surface area contributed by atoms with Gasteiger partial charge in [-0.15, -0.1) is 0 Å². The molecular formula is C48H80O6. The van der Waals surface area contributed by atoms with Gasteiger partial charge in [-0.25, -0.2) is 0 Å². The van der Waals surface area contributed by atoms with Crippen molar-refractivity contribution < 1.29 is 28.6 Å². The van der Waals surface area contributed by atoms with Gasteiger partial charge in [0.2, 0.25) is 0 Å². The van der Waals surface area contributed by atoms with Crippen molar-refractivity contribution in [1.82, 2.24) is 0 Å². The van der Waals surface area contributed by atoms with Crippen molar-refractivity contribution in [3.63, 3.8) is 0 Å². The van der Waals surface area contributed by atoms with E-state index in [0.29, 0.717) is 19.3 Å². The third-order valence-electron chi connectivity index (χ3n) is 8.93. The smallest absolute Gasteiger partial charge is 0.306 e. The first kappa shape index (κ1) is 50.9. The fourth-order valence-electron chi connectivity index (χ4n) is 5.64. The molecule has 0 N–H and O–H groups in total. The Hall–Kier alpha value is -3.15. The molecular weight excluding hydrogens is 673 g/mol. The average molecular weight is 753 g/mol. The van der Waals surface area contributed by atoms with Crippen LogP contribution in [0.2, 0.25) is 0 Å². The van der Waals surface area contributed by atoms with Gasteiger partial charge in [0.05, 0.1) is 0 Å². The summed E-state index contributed by atoms with van der Waals surface area (Å²) in [4.78, 5) is 37.5. The molecule has 0 rings (SSSR count). The molecule has 0 aromatic heterocycles. The maximum atomic E-state index is 12.6. The molecule has 1 atom stereocenters. The second kappa shape index (κ2) is 42.6. The van der Waals surface area contributed by atoms with Crippen LogP contribution in [-0.2, 0) is 28.6 Å². The van der Waals surface area contributed by atoms with Crippen LogP contribution in [0.3, 0.4) is 0 Å². The standard InChI is InChI=1S/C48H80O6/c1-4-7-10-13-16-18-20-21-22-23-24-25-26-27-28-30-32-35-38-41-47(50)53-44-45(43-52-46(49)40-37-34-31-15-12-9-6-3)54-48(51)42-39-36-33-29-19-17-14-11-8-5-2/h7,10-11,14,16,18,21-22,24-25,27-28,45H,4-6,8-9,12-13,15,17,19-20,23,26,29-44H2,1-3H3/b10-7-,14-11-,18-16-,22-21-,25-24-,28-27-. The number of esters is 3. The van der Waals surface area contributed by atoms with Crippen LogP contribution in [-0.4, -0.2) is 37.2 Å². The van der Waals surface area contributed by atoms with Crippen molar-refractivity contribution in [3.05, 3.63) is 72.9 Å². The van der Waals surface area contributed by atoms with Gasteiger partial charge >= 0.3 is 17.9 Å². The number of unbranched alkanes of at least 4 members (excludes halogenated alkanes) is 15. The third kappa shape index (κ3) is 40.0. The van der Waals surface area contributed by atoms with Crippen molar-refractivity contribution in [2.24, 2.45) is 0 Å². The second-order valence-corrected chi connectivity index (χ2v) is 14.2. The number of hydrogen-bond acceptors (Lipinski definition) is 6. The second-order valence-electron chi connectivity index (χ2n) is 14.2. The molecule has 0 aliphatic heterocycles. The Kier molecular flexibility index (Phi) is 40.1. The summed E-state index contributed by atoms with van der Waals surface area (Å²) in [5.41, 5.74) is 0. The molecule has 0 heterocycles. The molecule has 54 heavy (non-hydrogen) atoms. The number of hydrogen-bond donors (Lipinski definition) is 0. The lowest BCUT2D eigenvalue weighted by molar-refractivity contribution is -0.167. The van der Waals surface area contributed by atoms with Crippen LogP contribution >= 0.6 is 0 Å². The zero-order valence-corrected chi connectivity index (χ0v) is 35.0. The molecule has 0 radical (unpaired) electrons. The van der Waals surface area contributed by atoms with Gasteiger partial charge in [-0.3, -0.25) is 14.4 Å². The fourth-order valence-corrected chi connectivity index (χ4v) is 5.64. The Morgan fingerprint density at radius 3 is 1.24 bits per heavy atom. The molecule has 0 bridgehead atoms. The van der Waals surface area contributed by atoms with Crippen LogP contribution < -0.4 is 0 Å². The van der Waals surface area contributed by atoms with Crippen molar-refractivity contribution >= 4 is 17.9 Å². The van der Waals surface area contributed by atoms with E-state index < -0.39 is 6.10 Å². The summed E-state index contributed by atoms with van der Waals surface area (Å²) in [7, 11) is 0. The number of carbonyl (C=O) groups is 3. The summed E-state index contributed by atoms with van der Waals surface area (Å²) in [6, 6.07) is 0. The van der Waals surface area contributed by atoms with Gasteiger partial charge in [-0.2, -0.15) is 0 Å². The van der Waals surface area contributed by atoms with Gasteiger partial charge in [0.25, 0.3) is 0 Å². The molecule has 0 aliphatic carbocycles. The Bertz CT molecular complexity index is 1050. The van der Waals surface area contributed by atoms with Crippen LogP contribution in [0.25, 0.3) is 0 Å². The minimum atomic E-state index is -0.787. The SMILES string of the molecule is CC/C=C\C/C=C\C/C=C\C/C=C\C/C=C\CCCCCC(=O)OCC(COC(=O)CCCCCCCCC)OC(=O)CCCCCCC/C=C\CCC. The lowest BCUT2D eigenvalue weighted by Crippen LogP contribution is -2.30. The summed E-state index contributed by atoms with van der Waals surface area (Å²) in [6.07, 6.45) is 51.8. The molecule has 1 unspecified atom stereocenters. The van der Waals surface area contributed by atoms with Crippen molar-refractivity contribution in [3.8, 4) is 0 Å². The Morgan fingerprint density at radius 1 is 0.389 bits per heavy atom. The van der Waals surface area contributed by atoms with E-state index in [4.69, 9.17) is 14.2 Å². The molecule has 0 amide bonds. The molecule has 6 heteroatoms. The van der Waals surface area contributed by atoms with Crippen LogP contribution in [0.1, 0.15) is 194 Å². The maximum absolute atomic E-state index is 12.6. The number of rotatable bonds is 38. The van der Waals surface area contributed by atoms with Crippen LogP contribution in [0.15, 0.2) is 72.9 Å². The van der Waals surface area contributed by atoms with Crippen LogP contribution in [0, 0.1) is 0 Å². The van der Waals surface area contributed by atoms with Crippen molar-refractivity contribution in [2.45, 2.75) is 200 Å². The van der Waals surface area contributed by atoms with Crippen LogP contribution in [0.4, 0.5) is 0 Å². The van der Waals surface area contributed by atoms with E-state index in [0.717, 1.165) is 116 Å². The highest BCUT2D eigenvalue weighted by molar-refractivity contribution is 5.71. The quantitative estimate of drug-likeness (QED) is 0.0270. The molecule has 0 spiro atoms. The molecule has 6 nitrogen and oxygen atoms in total. The Morgan fingerprint density at radius 2 is 0.759 bits per heavy atom. The first-order valence-corrected chi connectivity index (χ1v) is 21.9. The van der Waals surface area contributed by atoms with E-state index in [-0.39, 0.29) is 31.1 Å². The highest BCUT2D eigenvalue weighted by atomic mass is 16.6. The van der Waals surface area contributed by atoms with Crippen LogP contribution in [0.5, 0.6) is 0 Å². The Balaban J connectivity index is 4.35. The molecule has 308 valence electrons. The minimum Gasteiger partial charge on any atom is -0.462 e. The monoisotopic (exact) mass is 753 g/mol. The molecule has 0 aromatic carbocycles. The maximum Gasteiger partial charge on any atom is 0.306 e. The highest BCUT2D eigenvalue weighted by Crippen LogP contribution is 2.12. The summed E-state index contributed by atoms with van der Waals surface area (Å²) in [5, 5.41) is 0. The van der Waals surface area contributed by atoms with Gasteiger partial charge in [0.15, 0.2) is 6.10 Å². The predicted molar refractivity (Wildman–Crippen MR) is 228 cm³/mol. The van der Waals surface area contributed by atoms with Gasteiger partial charge in [-0.05, 0) is 83.5 Å². The van der Waals surface area contributed by atoms with E-state index in [2.05, 4.69) is 93.7 Å². The van der Waals surface area contributed by atoms with Gasteiger partial charge in [0, 0.05) is 19.3 Å². The predicted octanol–water partition coefficient (Wildman–Crippen LogP) is 13.9. The zero-order chi connectivity index (χ0) is 39.4. The normalized spacial score (nSPS) is 12.7. The summed E-state index contributed by atoms with van der Waals surface area (Å²) >= 11 is 0. The lowest BCUT2D eigenvalue weighted by atomic mass is 10.1. The molecule has 0 aromatic rings. The number of allylic oxidation sites excluding steroid dienone is 12. The topological polar surface area (TPSA) is 78.9 Å².